The molecule has 4 aromatic rings. The Morgan fingerprint density at radius 2 is 1.21 bits per heavy atom. The van der Waals surface area contributed by atoms with Crippen molar-refractivity contribution in [3.63, 3.8) is 0 Å². The van der Waals surface area contributed by atoms with Crippen molar-refractivity contribution in [3.05, 3.63) is 96.1 Å². The quantitative estimate of drug-likeness (QED) is 0.515. The van der Waals surface area contributed by atoms with Crippen LogP contribution in [0.2, 0.25) is 0 Å². The van der Waals surface area contributed by atoms with Crippen molar-refractivity contribution >= 4 is 16.6 Å². The van der Waals surface area contributed by atoms with Gasteiger partial charge in [0.25, 0.3) is 0 Å². The number of aliphatic imine (C=N–C) groups is 1. The third-order valence-corrected chi connectivity index (χ3v) is 4.89. The number of fused-ring (bicyclic) bond motifs is 2. The van der Waals surface area contributed by atoms with Crippen molar-refractivity contribution in [2.75, 3.05) is 0 Å². The van der Waals surface area contributed by atoms with Crippen LogP contribution in [0.4, 0.5) is 0 Å². The number of amidine groups is 1. The van der Waals surface area contributed by atoms with E-state index in [-0.39, 0.29) is 0 Å². The van der Waals surface area contributed by atoms with Crippen molar-refractivity contribution in [3.8, 4) is 23.0 Å². The normalized spacial score (nSPS) is 15.1. The molecule has 4 N–H and O–H groups in total. The molecule has 0 amide bonds. The Bertz CT molecular complexity index is 1220. The molecule has 0 aliphatic carbocycles. The van der Waals surface area contributed by atoms with Gasteiger partial charge in [-0.3, -0.25) is 0 Å². The van der Waals surface area contributed by atoms with Crippen LogP contribution in [0.3, 0.4) is 0 Å². The van der Waals surface area contributed by atoms with Crippen molar-refractivity contribution in [1.29, 1.82) is 0 Å². The van der Waals surface area contributed by atoms with Crippen LogP contribution in [0.1, 0.15) is 17.3 Å². The second-order valence-electron chi connectivity index (χ2n) is 6.87. The molecule has 0 aromatic heterocycles. The molecular formula is C24H19N3O2. The molecular weight excluding hydrogens is 362 g/mol. The topological polar surface area (TPSA) is 82.9 Å². The standard InChI is InChI=1S/C24H19N3O2/c25-23-19-11-15-13-21(28-17-7-3-1-4-8-17)22(29-18-9-5-2-6-10-18)14-16(15)12-20(19)24(26)27-23/h1-14,23H,25H2,(H2,26,27). The minimum Gasteiger partial charge on any atom is -0.453 e. The van der Waals surface area contributed by atoms with E-state index in [2.05, 4.69) is 4.99 Å². The fourth-order valence-corrected chi connectivity index (χ4v) is 3.47. The molecule has 1 aliphatic heterocycles. The zero-order chi connectivity index (χ0) is 19.8. The second kappa shape index (κ2) is 6.96. The van der Waals surface area contributed by atoms with Crippen LogP contribution in [-0.4, -0.2) is 5.84 Å². The molecule has 0 spiro atoms. The van der Waals surface area contributed by atoms with E-state index in [0.29, 0.717) is 17.3 Å². The molecule has 4 aromatic carbocycles. The average molecular weight is 381 g/mol. The van der Waals surface area contributed by atoms with Crippen LogP contribution in [0, 0.1) is 0 Å². The smallest absolute Gasteiger partial charge is 0.170 e. The van der Waals surface area contributed by atoms with E-state index in [9.17, 15) is 0 Å². The lowest BCUT2D eigenvalue weighted by molar-refractivity contribution is 0.420. The van der Waals surface area contributed by atoms with Crippen LogP contribution in [0.15, 0.2) is 89.9 Å². The summed E-state index contributed by atoms with van der Waals surface area (Å²) in [5.41, 5.74) is 13.9. The first-order chi connectivity index (χ1) is 14.2. The summed E-state index contributed by atoms with van der Waals surface area (Å²) in [6.07, 6.45) is -0.437. The van der Waals surface area contributed by atoms with E-state index in [4.69, 9.17) is 20.9 Å². The number of rotatable bonds is 4. The SMILES string of the molecule is NC1=NC(N)c2cc3cc(Oc4ccccc4)c(Oc4ccccc4)cc3cc21. The Hall–Kier alpha value is -3.83. The summed E-state index contributed by atoms with van der Waals surface area (Å²) in [6, 6.07) is 27.2. The molecule has 0 saturated carbocycles. The lowest BCUT2D eigenvalue weighted by Crippen LogP contribution is -2.10. The van der Waals surface area contributed by atoms with E-state index < -0.39 is 6.17 Å². The maximum Gasteiger partial charge on any atom is 0.170 e. The highest BCUT2D eigenvalue weighted by atomic mass is 16.5. The van der Waals surface area contributed by atoms with Gasteiger partial charge < -0.3 is 20.9 Å². The summed E-state index contributed by atoms with van der Waals surface area (Å²) in [5, 5.41) is 1.96. The Labute approximate surface area is 168 Å². The first-order valence-electron chi connectivity index (χ1n) is 9.34. The summed E-state index contributed by atoms with van der Waals surface area (Å²) in [7, 11) is 0. The summed E-state index contributed by atoms with van der Waals surface area (Å²) in [5.74, 6) is 3.16. The number of benzene rings is 4. The Kier molecular flexibility index (Phi) is 4.15. The number of hydrogen-bond acceptors (Lipinski definition) is 5. The van der Waals surface area contributed by atoms with E-state index in [1.807, 2.05) is 84.9 Å². The predicted octanol–water partition coefficient (Wildman–Crippen LogP) is 5.10. The summed E-state index contributed by atoms with van der Waals surface area (Å²) in [4.78, 5) is 4.27. The molecule has 1 aliphatic rings. The van der Waals surface area contributed by atoms with Gasteiger partial charge in [0.05, 0.1) is 0 Å². The third kappa shape index (κ3) is 3.28. The number of nitrogens with zero attached hydrogens (tertiary/aromatic N) is 1. The fraction of sp³-hybridized carbons (Fsp3) is 0.0417. The van der Waals surface area contributed by atoms with E-state index in [1.165, 1.54) is 0 Å². The van der Waals surface area contributed by atoms with E-state index >= 15 is 0 Å². The lowest BCUT2D eigenvalue weighted by Gasteiger charge is -2.15. The van der Waals surface area contributed by atoms with Gasteiger partial charge in [-0.05, 0) is 59.3 Å². The molecule has 5 rings (SSSR count). The van der Waals surface area contributed by atoms with Gasteiger partial charge in [0.2, 0.25) is 0 Å². The maximum absolute atomic E-state index is 6.15. The third-order valence-electron chi connectivity index (χ3n) is 4.89. The Morgan fingerprint density at radius 3 is 1.76 bits per heavy atom. The van der Waals surface area contributed by atoms with E-state index in [1.54, 1.807) is 0 Å². The monoisotopic (exact) mass is 381 g/mol. The molecule has 0 saturated heterocycles. The highest BCUT2D eigenvalue weighted by Gasteiger charge is 2.22. The minimum absolute atomic E-state index is 0.437. The number of hydrogen-bond donors (Lipinski definition) is 2. The van der Waals surface area contributed by atoms with E-state index in [0.717, 1.165) is 33.4 Å². The molecule has 0 radical (unpaired) electrons. The highest BCUT2D eigenvalue weighted by Crippen LogP contribution is 2.40. The predicted molar refractivity (Wildman–Crippen MR) is 115 cm³/mol. The maximum atomic E-state index is 6.15. The van der Waals surface area contributed by atoms with Crippen LogP contribution < -0.4 is 20.9 Å². The number of para-hydroxylation sites is 2. The molecule has 29 heavy (non-hydrogen) atoms. The summed E-state index contributed by atoms with van der Waals surface area (Å²) >= 11 is 0. The van der Waals surface area contributed by atoms with Crippen molar-refractivity contribution in [1.82, 2.24) is 0 Å². The van der Waals surface area contributed by atoms with Crippen molar-refractivity contribution in [2.45, 2.75) is 6.17 Å². The summed E-state index contributed by atoms with van der Waals surface area (Å²) in [6.45, 7) is 0. The zero-order valence-electron chi connectivity index (χ0n) is 15.6. The average Bonchev–Trinajstić information content (AvgIpc) is 3.01. The summed E-state index contributed by atoms with van der Waals surface area (Å²) < 4.78 is 12.3. The Balaban J connectivity index is 1.64. The van der Waals surface area contributed by atoms with Crippen LogP contribution in [-0.2, 0) is 0 Å². The van der Waals surface area contributed by atoms with Crippen LogP contribution in [0.5, 0.6) is 23.0 Å². The van der Waals surface area contributed by atoms with Crippen molar-refractivity contribution in [2.24, 2.45) is 16.5 Å². The molecule has 5 heteroatoms. The van der Waals surface area contributed by atoms with Crippen LogP contribution in [0.25, 0.3) is 10.8 Å². The molecule has 1 heterocycles. The first kappa shape index (κ1) is 17.3. The minimum atomic E-state index is -0.437. The zero-order valence-corrected chi connectivity index (χ0v) is 15.6. The van der Waals surface area contributed by atoms with Gasteiger partial charge in [-0.2, -0.15) is 0 Å². The first-order valence-corrected chi connectivity index (χ1v) is 9.34. The molecule has 5 nitrogen and oxygen atoms in total. The van der Waals surface area contributed by atoms with Crippen molar-refractivity contribution < 1.29 is 9.47 Å². The molecule has 1 atom stereocenters. The Morgan fingerprint density at radius 1 is 0.690 bits per heavy atom. The van der Waals surface area contributed by atoms with Gasteiger partial charge >= 0.3 is 0 Å². The molecule has 0 bridgehead atoms. The highest BCUT2D eigenvalue weighted by molar-refractivity contribution is 6.05. The van der Waals surface area contributed by atoms with Crippen LogP contribution >= 0.6 is 0 Å². The molecule has 142 valence electrons. The van der Waals surface area contributed by atoms with Gasteiger partial charge in [-0.25, -0.2) is 4.99 Å². The largest absolute Gasteiger partial charge is 0.453 e. The van der Waals surface area contributed by atoms with Gasteiger partial charge in [0.1, 0.15) is 23.5 Å². The van der Waals surface area contributed by atoms with Gasteiger partial charge in [-0.1, -0.05) is 36.4 Å². The fourth-order valence-electron chi connectivity index (χ4n) is 3.47. The van der Waals surface area contributed by atoms with Gasteiger partial charge in [-0.15, -0.1) is 0 Å². The molecule has 0 fully saturated rings. The van der Waals surface area contributed by atoms with Gasteiger partial charge in [0, 0.05) is 11.1 Å². The second-order valence-corrected chi connectivity index (χ2v) is 6.87. The number of ether oxygens (including phenoxy) is 2. The van der Waals surface area contributed by atoms with Gasteiger partial charge in [0.15, 0.2) is 11.5 Å². The number of nitrogens with two attached hydrogens (primary N) is 2. The molecule has 1 unspecified atom stereocenters. The lowest BCUT2D eigenvalue weighted by atomic mass is 10.00.